The van der Waals surface area contributed by atoms with Crippen LogP contribution in [-0.2, 0) is 11.7 Å². The second kappa shape index (κ2) is 3.85. The van der Waals surface area contributed by atoms with Crippen LogP contribution in [0, 0.1) is 0 Å². The highest BCUT2D eigenvalue weighted by Gasteiger charge is 2.30. The molecular formula is C11H14F3N. The molecule has 2 N–H and O–H groups in total. The van der Waals surface area contributed by atoms with Gasteiger partial charge >= 0.3 is 6.18 Å². The van der Waals surface area contributed by atoms with Crippen molar-refractivity contribution in [3.05, 3.63) is 35.4 Å². The van der Waals surface area contributed by atoms with Crippen molar-refractivity contribution in [2.24, 2.45) is 5.73 Å². The second-order valence-electron chi connectivity index (χ2n) is 3.85. The average molecular weight is 217 g/mol. The first-order valence-electron chi connectivity index (χ1n) is 4.74. The van der Waals surface area contributed by atoms with E-state index in [1.165, 1.54) is 12.1 Å². The van der Waals surface area contributed by atoms with Gasteiger partial charge in [0.05, 0.1) is 5.56 Å². The van der Waals surface area contributed by atoms with Crippen LogP contribution >= 0.6 is 0 Å². The van der Waals surface area contributed by atoms with Crippen molar-refractivity contribution in [1.29, 1.82) is 0 Å². The van der Waals surface area contributed by atoms with Gasteiger partial charge in [0.15, 0.2) is 0 Å². The first-order valence-corrected chi connectivity index (χ1v) is 4.74. The summed E-state index contributed by atoms with van der Waals surface area (Å²) < 4.78 is 36.8. The zero-order valence-corrected chi connectivity index (χ0v) is 8.73. The van der Waals surface area contributed by atoms with Gasteiger partial charge in [-0.2, -0.15) is 13.2 Å². The molecule has 0 aliphatic rings. The van der Waals surface area contributed by atoms with E-state index in [4.69, 9.17) is 5.73 Å². The Kier molecular flexibility index (Phi) is 3.09. The molecule has 1 aromatic carbocycles. The summed E-state index contributed by atoms with van der Waals surface area (Å²) in [6, 6.07) is 5.00. The van der Waals surface area contributed by atoms with E-state index < -0.39 is 17.3 Å². The molecule has 84 valence electrons. The zero-order valence-electron chi connectivity index (χ0n) is 8.73. The number of halogens is 3. The molecule has 0 saturated carbocycles. The van der Waals surface area contributed by atoms with Crippen molar-refractivity contribution in [1.82, 2.24) is 0 Å². The van der Waals surface area contributed by atoms with Crippen molar-refractivity contribution in [2.45, 2.75) is 32.0 Å². The van der Waals surface area contributed by atoms with Gasteiger partial charge in [0, 0.05) is 5.54 Å². The second-order valence-corrected chi connectivity index (χ2v) is 3.85. The lowest BCUT2D eigenvalue weighted by atomic mass is 9.90. The Morgan fingerprint density at radius 3 is 1.80 bits per heavy atom. The van der Waals surface area contributed by atoms with Crippen molar-refractivity contribution in [2.75, 3.05) is 0 Å². The van der Waals surface area contributed by atoms with Gasteiger partial charge in [-0.1, -0.05) is 19.1 Å². The molecule has 1 aromatic rings. The molecule has 0 saturated heterocycles. The number of hydrogen-bond acceptors (Lipinski definition) is 1. The molecule has 4 heteroatoms. The van der Waals surface area contributed by atoms with Gasteiger partial charge in [-0.25, -0.2) is 0 Å². The van der Waals surface area contributed by atoms with Gasteiger partial charge in [0.2, 0.25) is 0 Å². The first kappa shape index (κ1) is 12.0. The Bertz CT molecular complexity index is 325. The number of alkyl halides is 3. The molecule has 15 heavy (non-hydrogen) atoms. The van der Waals surface area contributed by atoms with Crippen LogP contribution in [0.15, 0.2) is 24.3 Å². The van der Waals surface area contributed by atoms with Crippen LogP contribution in [0.25, 0.3) is 0 Å². The molecule has 1 rings (SSSR count). The third kappa shape index (κ3) is 2.72. The van der Waals surface area contributed by atoms with Crippen LogP contribution in [0.4, 0.5) is 13.2 Å². The minimum atomic E-state index is -4.28. The molecule has 0 spiro atoms. The maximum Gasteiger partial charge on any atom is 0.416 e. The summed E-state index contributed by atoms with van der Waals surface area (Å²) in [6.07, 6.45) is -3.60. The molecule has 0 fully saturated rings. The molecule has 1 atom stereocenters. The van der Waals surface area contributed by atoms with Gasteiger partial charge in [0.25, 0.3) is 0 Å². The summed E-state index contributed by atoms with van der Waals surface area (Å²) >= 11 is 0. The van der Waals surface area contributed by atoms with E-state index in [1.807, 2.05) is 6.92 Å². The fraction of sp³-hybridized carbons (Fsp3) is 0.455. The summed E-state index contributed by atoms with van der Waals surface area (Å²) in [6.45, 7) is 3.70. The lowest BCUT2D eigenvalue weighted by Crippen LogP contribution is -2.31. The molecular weight excluding hydrogens is 203 g/mol. The summed E-state index contributed by atoms with van der Waals surface area (Å²) in [4.78, 5) is 0. The highest BCUT2D eigenvalue weighted by molar-refractivity contribution is 5.29. The monoisotopic (exact) mass is 217 g/mol. The summed E-state index contributed by atoms with van der Waals surface area (Å²) in [5.41, 5.74) is 5.43. The lowest BCUT2D eigenvalue weighted by molar-refractivity contribution is -0.137. The van der Waals surface area contributed by atoms with Crippen molar-refractivity contribution >= 4 is 0 Å². The SMILES string of the molecule is CCC(C)(N)c1ccc(C(F)(F)F)cc1. The van der Waals surface area contributed by atoms with Gasteiger partial charge in [-0.3, -0.25) is 0 Å². The number of benzene rings is 1. The molecule has 0 aromatic heterocycles. The van der Waals surface area contributed by atoms with Crippen molar-refractivity contribution in [3.63, 3.8) is 0 Å². The van der Waals surface area contributed by atoms with E-state index in [9.17, 15) is 13.2 Å². The molecule has 0 bridgehead atoms. The van der Waals surface area contributed by atoms with E-state index >= 15 is 0 Å². The van der Waals surface area contributed by atoms with Crippen LogP contribution < -0.4 is 5.73 Å². The minimum absolute atomic E-state index is 0.565. The Balaban J connectivity index is 3.01. The van der Waals surface area contributed by atoms with Gasteiger partial charge in [-0.05, 0) is 31.0 Å². The van der Waals surface area contributed by atoms with Crippen LogP contribution in [-0.4, -0.2) is 0 Å². The van der Waals surface area contributed by atoms with Gasteiger partial charge < -0.3 is 5.73 Å². The average Bonchev–Trinajstić information content (AvgIpc) is 2.17. The predicted molar refractivity (Wildman–Crippen MR) is 53.3 cm³/mol. The lowest BCUT2D eigenvalue weighted by Gasteiger charge is -2.23. The van der Waals surface area contributed by atoms with Crippen LogP contribution in [0.2, 0.25) is 0 Å². The number of hydrogen-bond donors (Lipinski definition) is 1. The summed E-state index contributed by atoms with van der Waals surface area (Å²) in [7, 11) is 0. The third-order valence-electron chi connectivity index (χ3n) is 2.61. The number of nitrogens with two attached hydrogens (primary N) is 1. The van der Waals surface area contributed by atoms with Crippen LogP contribution in [0.5, 0.6) is 0 Å². The number of rotatable bonds is 2. The van der Waals surface area contributed by atoms with Gasteiger partial charge in [-0.15, -0.1) is 0 Å². The smallest absolute Gasteiger partial charge is 0.322 e. The molecule has 1 unspecified atom stereocenters. The zero-order chi connectivity index (χ0) is 11.7. The summed E-state index contributed by atoms with van der Waals surface area (Å²) in [5.74, 6) is 0. The maximum atomic E-state index is 12.3. The molecule has 0 aliphatic carbocycles. The Morgan fingerprint density at radius 2 is 1.47 bits per heavy atom. The Labute approximate surface area is 87.1 Å². The maximum absolute atomic E-state index is 12.3. The fourth-order valence-corrected chi connectivity index (χ4v) is 1.24. The molecule has 1 nitrogen and oxygen atoms in total. The predicted octanol–water partition coefficient (Wildman–Crippen LogP) is 3.29. The molecule has 0 amide bonds. The topological polar surface area (TPSA) is 26.0 Å². The van der Waals surface area contributed by atoms with E-state index in [-0.39, 0.29) is 0 Å². The van der Waals surface area contributed by atoms with E-state index in [1.54, 1.807) is 6.92 Å². The molecule has 0 radical (unpaired) electrons. The highest BCUT2D eigenvalue weighted by Crippen LogP contribution is 2.30. The van der Waals surface area contributed by atoms with E-state index in [0.717, 1.165) is 17.7 Å². The largest absolute Gasteiger partial charge is 0.416 e. The van der Waals surface area contributed by atoms with E-state index in [2.05, 4.69) is 0 Å². The highest BCUT2D eigenvalue weighted by atomic mass is 19.4. The van der Waals surface area contributed by atoms with Crippen molar-refractivity contribution in [3.8, 4) is 0 Å². The van der Waals surface area contributed by atoms with Gasteiger partial charge in [0.1, 0.15) is 0 Å². The first-order chi connectivity index (χ1) is 6.77. The normalized spacial score (nSPS) is 16.1. The van der Waals surface area contributed by atoms with E-state index in [0.29, 0.717) is 6.42 Å². The summed E-state index contributed by atoms with van der Waals surface area (Å²) in [5, 5.41) is 0. The quantitative estimate of drug-likeness (QED) is 0.808. The molecule has 0 aliphatic heterocycles. The fourth-order valence-electron chi connectivity index (χ4n) is 1.24. The Hall–Kier alpha value is -1.03. The van der Waals surface area contributed by atoms with Crippen molar-refractivity contribution < 1.29 is 13.2 Å². The van der Waals surface area contributed by atoms with Crippen LogP contribution in [0.1, 0.15) is 31.4 Å². The Morgan fingerprint density at radius 1 is 1.07 bits per heavy atom. The molecule has 0 heterocycles. The van der Waals surface area contributed by atoms with Crippen LogP contribution in [0.3, 0.4) is 0 Å². The third-order valence-corrected chi connectivity index (χ3v) is 2.61. The standard InChI is InChI=1S/C11H14F3N/c1-3-10(2,15)8-4-6-9(7-5-8)11(12,13)14/h4-7H,3,15H2,1-2H3. The minimum Gasteiger partial charge on any atom is -0.322 e.